The molecule has 1 fully saturated rings. The number of aryl methyl sites for hydroxylation is 1. The topological polar surface area (TPSA) is 38.8 Å². The van der Waals surface area contributed by atoms with Gasteiger partial charge in [-0.25, -0.2) is 4.39 Å². The SMILES string of the molecule is CCOc1cc(/C=C2\SC(=S)N(c3ccccc3C)C2=O)cc(Br)c1OCc1ccccc1F. The minimum absolute atomic E-state index is 0.0553. The van der Waals surface area contributed by atoms with Gasteiger partial charge >= 0.3 is 0 Å². The van der Waals surface area contributed by atoms with Gasteiger partial charge in [-0.2, -0.15) is 0 Å². The summed E-state index contributed by atoms with van der Waals surface area (Å²) in [6.45, 7) is 4.29. The number of thiocarbonyl (C=S) groups is 1. The van der Waals surface area contributed by atoms with E-state index < -0.39 is 0 Å². The smallest absolute Gasteiger partial charge is 0.270 e. The minimum atomic E-state index is -0.330. The molecule has 1 saturated heterocycles. The zero-order valence-corrected chi connectivity index (χ0v) is 21.7. The number of nitrogens with zero attached hydrogens (tertiary/aromatic N) is 1. The van der Waals surface area contributed by atoms with Gasteiger partial charge in [0.15, 0.2) is 15.8 Å². The molecule has 0 atom stereocenters. The van der Waals surface area contributed by atoms with E-state index >= 15 is 0 Å². The van der Waals surface area contributed by atoms with Crippen molar-refractivity contribution in [3.05, 3.63) is 92.5 Å². The summed E-state index contributed by atoms with van der Waals surface area (Å²) in [5.74, 6) is 0.464. The number of ether oxygens (including phenoxy) is 2. The Morgan fingerprint density at radius 3 is 2.59 bits per heavy atom. The van der Waals surface area contributed by atoms with Crippen LogP contribution in [0.3, 0.4) is 0 Å². The van der Waals surface area contributed by atoms with E-state index in [1.165, 1.54) is 17.8 Å². The van der Waals surface area contributed by atoms with Crippen LogP contribution in [0.5, 0.6) is 11.5 Å². The van der Waals surface area contributed by atoms with Crippen molar-refractivity contribution in [3.63, 3.8) is 0 Å². The van der Waals surface area contributed by atoms with Crippen LogP contribution in [0.25, 0.3) is 6.08 Å². The fourth-order valence-corrected chi connectivity index (χ4v) is 5.34. The summed E-state index contributed by atoms with van der Waals surface area (Å²) >= 11 is 10.3. The molecule has 0 aliphatic carbocycles. The van der Waals surface area contributed by atoms with Gasteiger partial charge in [0.1, 0.15) is 12.4 Å². The van der Waals surface area contributed by atoms with E-state index in [0.717, 1.165) is 16.8 Å². The first-order chi connectivity index (χ1) is 16.4. The number of thioether (sulfide) groups is 1. The highest BCUT2D eigenvalue weighted by atomic mass is 79.9. The molecule has 0 spiro atoms. The van der Waals surface area contributed by atoms with Crippen LogP contribution in [0.15, 0.2) is 70.0 Å². The maximum Gasteiger partial charge on any atom is 0.270 e. The monoisotopic (exact) mass is 557 g/mol. The Balaban J connectivity index is 1.62. The molecule has 3 aromatic rings. The van der Waals surface area contributed by atoms with E-state index in [4.69, 9.17) is 21.7 Å². The van der Waals surface area contributed by atoms with E-state index in [9.17, 15) is 9.18 Å². The number of anilines is 1. The highest BCUT2D eigenvalue weighted by Gasteiger charge is 2.34. The zero-order chi connectivity index (χ0) is 24.2. The van der Waals surface area contributed by atoms with Gasteiger partial charge in [0, 0.05) is 5.56 Å². The van der Waals surface area contributed by atoms with Gasteiger partial charge in [0.05, 0.1) is 21.7 Å². The molecule has 4 rings (SSSR count). The Morgan fingerprint density at radius 2 is 1.85 bits per heavy atom. The van der Waals surface area contributed by atoms with Crippen molar-refractivity contribution in [1.82, 2.24) is 0 Å². The molecule has 0 radical (unpaired) electrons. The Morgan fingerprint density at radius 1 is 1.12 bits per heavy atom. The molecule has 8 heteroatoms. The van der Waals surface area contributed by atoms with Crippen molar-refractivity contribution in [2.24, 2.45) is 0 Å². The number of amides is 1. The summed E-state index contributed by atoms with van der Waals surface area (Å²) in [6, 6.07) is 17.7. The molecule has 4 nitrogen and oxygen atoms in total. The second kappa shape index (κ2) is 10.7. The lowest BCUT2D eigenvalue weighted by atomic mass is 10.1. The van der Waals surface area contributed by atoms with Crippen LogP contribution < -0.4 is 14.4 Å². The van der Waals surface area contributed by atoms with Crippen LogP contribution in [0.1, 0.15) is 23.6 Å². The van der Waals surface area contributed by atoms with Crippen molar-refractivity contribution in [2.75, 3.05) is 11.5 Å². The molecular formula is C26H21BrFNO3S2. The van der Waals surface area contributed by atoms with Crippen LogP contribution in [-0.2, 0) is 11.4 Å². The average Bonchev–Trinajstić information content (AvgIpc) is 3.07. The molecule has 0 saturated carbocycles. The third-order valence-electron chi connectivity index (χ3n) is 5.11. The van der Waals surface area contributed by atoms with Crippen molar-refractivity contribution in [1.29, 1.82) is 0 Å². The molecule has 3 aromatic carbocycles. The normalized spacial score (nSPS) is 14.7. The van der Waals surface area contributed by atoms with Gasteiger partial charge < -0.3 is 9.47 Å². The molecule has 1 heterocycles. The first kappa shape index (κ1) is 24.4. The van der Waals surface area contributed by atoms with Gasteiger partial charge in [0.2, 0.25) is 0 Å². The van der Waals surface area contributed by atoms with Gasteiger partial charge in [-0.05, 0) is 71.2 Å². The summed E-state index contributed by atoms with van der Waals surface area (Å²) in [4.78, 5) is 15.3. The molecule has 0 N–H and O–H groups in total. The van der Waals surface area contributed by atoms with E-state index in [0.29, 0.717) is 37.4 Å². The lowest BCUT2D eigenvalue weighted by Crippen LogP contribution is -2.28. The van der Waals surface area contributed by atoms with Gasteiger partial charge in [-0.1, -0.05) is 60.4 Å². The predicted molar refractivity (Wildman–Crippen MR) is 143 cm³/mol. The number of carbonyl (C=O) groups is 1. The highest BCUT2D eigenvalue weighted by molar-refractivity contribution is 9.10. The van der Waals surface area contributed by atoms with E-state index in [2.05, 4.69) is 15.9 Å². The van der Waals surface area contributed by atoms with Crippen molar-refractivity contribution in [2.45, 2.75) is 20.5 Å². The number of rotatable bonds is 7. The molecular weight excluding hydrogens is 537 g/mol. The summed E-state index contributed by atoms with van der Waals surface area (Å²) in [5, 5.41) is 0. The number of para-hydroxylation sites is 1. The standard InChI is InChI=1S/C26H21BrFNO3S2/c1-3-31-22-13-17(12-19(27)24(22)32-15-18-9-5-6-10-20(18)28)14-23-25(30)29(26(33)34-23)21-11-7-4-8-16(21)2/h4-14H,3,15H2,1-2H3/b23-14-. The van der Waals surface area contributed by atoms with Gasteiger partial charge in [0.25, 0.3) is 5.91 Å². The Kier molecular flexibility index (Phi) is 7.70. The lowest BCUT2D eigenvalue weighted by Gasteiger charge is -2.17. The molecule has 0 unspecified atom stereocenters. The third kappa shape index (κ3) is 5.19. The van der Waals surface area contributed by atoms with Gasteiger partial charge in [-0.3, -0.25) is 9.69 Å². The van der Waals surface area contributed by atoms with Crippen LogP contribution >= 0.6 is 39.9 Å². The highest BCUT2D eigenvalue weighted by Crippen LogP contribution is 2.41. The minimum Gasteiger partial charge on any atom is -0.490 e. The Hall–Kier alpha value is -2.68. The summed E-state index contributed by atoms with van der Waals surface area (Å²) < 4.78 is 26.8. The molecule has 1 aliphatic rings. The Labute approximate surface area is 215 Å². The zero-order valence-electron chi connectivity index (χ0n) is 18.5. The third-order valence-corrected chi connectivity index (χ3v) is 7.00. The average molecular weight is 558 g/mol. The lowest BCUT2D eigenvalue weighted by molar-refractivity contribution is -0.113. The Bertz CT molecular complexity index is 1290. The first-order valence-corrected chi connectivity index (χ1v) is 12.6. The predicted octanol–water partition coefficient (Wildman–Crippen LogP) is 7.28. The molecule has 1 amide bonds. The number of carbonyl (C=O) groups excluding carboxylic acids is 1. The summed E-state index contributed by atoms with van der Waals surface area (Å²) in [6.07, 6.45) is 1.78. The maximum absolute atomic E-state index is 14.0. The molecule has 34 heavy (non-hydrogen) atoms. The summed E-state index contributed by atoms with van der Waals surface area (Å²) in [5.41, 5.74) is 2.94. The van der Waals surface area contributed by atoms with Crippen LogP contribution in [-0.4, -0.2) is 16.8 Å². The quantitative estimate of drug-likeness (QED) is 0.225. The van der Waals surface area contributed by atoms with Crippen LogP contribution in [0.2, 0.25) is 0 Å². The molecule has 1 aliphatic heterocycles. The van der Waals surface area contributed by atoms with Crippen LogP contribution in [0, 0.1) is 12.7 Å². The van der Waals surface area contributed by atoms with Crippen molar-refractivity contribution in [3.8, 4) is 11.5 Å². The molecule has 0 aromatic heterocycles. The fraction of sp³-hybridized carbons (Fsp3) is 0.154. The maximum atomic E-state index is 14.0. The van der Waals surface area contributed by atoms with E-state index in [1.807, 2.05) is 44.2 Å². The largest absolute Gasteiger partial charge is 0.490 e. The molecule has 0 bridgehead atoms. The second-order valence-corrected chi connectivity index (χ2v) is 9.98. The number of halogens is 2. The van der Waals surface area contributed by atoms with Crippen LogP contribution in [0.4, 0.5) is 10.1 Å². The van der Waals surface area contributed by atoms with Gasteiger partial charge in [-0.15, -0.1) is 0 Å². The van der Waals surface area contributed by atoms with Crippen molar-refractivity contribution >= 4 is 61.9 Å². The first-order valence-electron chi connectivity index (χ1n) is 10.5. The number of benzene rings is 3. The number of hydrogen-bond acceptors (Lipinski definition) is 5. The second-order valence-electron chi connectivity index (χ2n) is 7.45. The number of hydrogen-bond donors (Lipinski definition) is 0. The molecule has 174 valence electrons. The van der Waals surface area contributed by atoms with E-state index in [1.54, 1.807) is 35.2 Å². The van der Waals surface area contributed by atoms with E-state index in [-0.39, 0.29) is 18.3 Å². The fourth-order valence-electron chi connectivity index (χ4n) is 3.48. The summed E-state index contributed by atoms with van der Waals surface area (Å²) in [7, 11) is 0. The van der Waals surface area contributed by atoms with Crippen molar-refractivity contribution < 1.29 is 18.7 Å².